The van der Waals surface area contributed by atoms with Crippen molar-refractivity contribution in [2.24, 2.45) is 7.05 Å². The van der Waals surface area contributed by atoms with E-state index >= 15 is 0 Å². The van der Waals surface area contributed by atoms with Crippen LogP contribution in [-0.4, -0.2) is 34.0 Å². The first-order chi connectivity index (χ1) is 10.6. The van der Waals surface area contributed by atoms with E-state index in [1.807, 2.05) is 24.5 Å². The predicted octanol–water partition coefficient (Wildman–Crippen LogP) is 3.01. The highest BCUT2D eigenvalue weighted by molar-refractivity contribution is 8.00. The molecule has 0 aliphatic rings. The van der Waals surface area contributed by atoms with Gasteiger partial charge in [0.25, 0.3) is 5.91 Å². The second-order valence-corrected chi connectivity index (χ2v) is 6.63. The minimum atomic E-state index is -0.251. The topological polar surface area (TPSA) is 69.0 Å². The second kappa shape index (κ2) is 5.98. The molecule has 1 amide bonds. The number of carbonyl (C=O) groups excluding carboxylic acids is 1. The maximum absolute atomic E-state index is 12.3. The SMILES string of the molecule is COc1nn(C)cc1C(=O)Nc1ccc2nc(SC)sc2c1. The van der Waals surface area contributed by atoms with E-state index in [9.17, 15) is 4.79 Å². The van der Waals surface area contributed by atoms with Gasteiger partial charge in [0.2, 0.25) is 5.88 Å². The molecule has 3 rings (SSSR count). The molecule has 0 atom stereocenters. The maximum atomic E-state index is 12.3. The van der Waals surface area contributed by atoms with Gasteiger partial charge >= 0.3 is 0 Å². The summed E-state index contributed by atoms with van der Waals surface area (Å²) in [6, 6.07) is 5.67. The normalized spacial score (nSPS) is 10.9. The number of nitrogens with one attached hydrogen (secondary N) is 1. The van der Waals surface area contributed by atoms with E-state index in [4.69, 9.17) is 4.74 Å². The number of nitrogens with zero attached hydrogens (tertiary/aromatic N) is 3. The summed E-state index contributed by atoms with van der Waals surface area (Å²) >= 11 is 3.22. The van der Waals surface area contributed by atoms with Crippen molar-refractivity contribution in [2.75, 3.05) is 18.7 Å². The molecule has 0 fully saturated rings. The number of benzene rings is 1. The molecule has 0 saturated carbocycles. The van der Waals surface area contributed by atoms with Crippen LogP contribution >= 0.6 is 23.1 Å². The maximum Gasteiger partial charge on any atom is 0.262 e. The first-order valence-corrected chi connectivity index (χ1v) is 8.48. The number of carbonyl (C=O) groups is 1. The summed E-state index contributed by atoms with van der Waals surface area (Å²) in [4.78, 5) is 16.8. The Morgan fingerprint density at radius 3 is 3.00 bits per heavy atom. The molecule has 0 bridgehead atoms. The highest BCUT2D eigenvalue weighted by atomic mass is 32.2. The van der Waals surface area contributed by atoms with Gasteiger partial charge < -0.3 is 10.1 Å². The van der Waals surface area contributed by atoms with Crippen molar-refractivity contribution < 1.29 is 9.53 Å². The largest absolute Gasteiger partial charge is 0.479 e. The zero-order valence-corrected chi connectivity index (χ0v) is 13.9. The van der Waals surface area contributed by atoms with Crippen LogP contribution in [-0.2, 0) is 7.05 Å². The van der Waals surface area contributed by atoms with Crippen LogP contribution < -0.4 is 10.1 Å². The second-order valence-electron chi connectivity index (χ2n) is 4.55. The zero-order valence-electron chi connectivity index (χ0n) is 12.3. The molecule has 2 aromatic heterocycles. The van der Waals surface area contributed by atoms with Crippen LogP contribution in [0.25, 0.3) is 10.2 Å². The Labute approximate surface area is 135 Å². The summed E-state index contributed by atoms with van der Waals surface area (Å²) in [6.45, 7) is 0. The molecule has 3 aromatic rings. The summed E-state index contributed by atoms with van der Waals surface area (Å²) < 4.78 is 8.70. The highest BCUT2D eigenvalue weighted by Gasteiger charge is 2.16. The summed E-state index contributed by atoms with van der Waals surface area (Å²) in [6.07, 6.45) is 3.63. The predicted molar refractivity (Wildman–Crippen MR) is 89.1 cm³/mol. The summed E-state index contributed by atoms with van der Waals surface area (Å²) in [5.74, 6) is 0.0578. The number of thiazole rings is 1. The van der Waals surface area contributed by atoms with Crippen LogP contribution in [0.4, 0.5) is 5.69 Å². The van der Waals surface area contributed by atoms with E-state index in [-0.39, 0.29) is 5.91 Å². The van der Waals surface area contributed by atoms with E-state index in [0.717, 1.165) is 20.2 Å². The molecular formula is C14H14N4O2S2. The van der Waals surface area contributed by atoms with E-state index in [1.54, 1.807) is 41.0 Å². The minimum absolute atomic E-state index is 0.251. The number of ether oxygens (including phenoxy) is 1. The number of hydrogen-bond acceptors (Lipinski definition) is 6. The van der Waals surface area contributed by atoms with Crippen molar-refractivity contribution in [3.05, 3.63) is 30.0 Å². The van der Waals surface area contributed by atoms with Crippen LogP contribution in [0.2, 0.25) is 0 Å². The number of thioether (sulfide) groups is 1. The third kappa shape index (κ3) is 2.79. The number of aryl methyl sites for hydroxylation is 1. The first-order valence-electron chi connectivity index (χ1n) is 6.44. The first kappa shape index (κ1) is 14.9. The Hall–Kier alpha value is -2.06. The molecule has 1 N–H and O–H groups in total. The number of aromatic nitrogens is 3. The van der Waals surface area contributed by atoms with E-state index in [0.29, 0.717) is 11.4 Å². The third-order valence-electron chi connectivity index (χ3n) is 3.03. The van der Waals surface area contributed by atoms with Crippen LogP contribution in [0.15, 0.2) is 28.7 Å². The highest BCUT2D eigenvalue weighted by Crippen LogP contribution is 2.30. The van der Waals surface area contributed by atoms with Gasteiger partial charge in [-0.05, 0) is 24.5 Å². The molecule has 0 unspecified atom stereocenters. The quantitative estimate of drug-likeness (QED) is 0.743. The molecule has 6 nitrogen and oxygen atoms in total. The lowest BCUT2D eigenvalue weighted by molar-refractivity contribution is 0.102. The molecule has 0 spiro atoms. The fraction of sp³-hybridized carbons (Fsp3) is 0.214. The lowest BCUT2D eigenvalue weighted by Gasteiger charge is -2.04. The number of fused-ring (bicyclic) bond motifs is 1. The van der Waals surface area contributed by atoms with Crippen LogP contribution in [0.1, 0.15) is 10.4 Å². The lowest BCUT2D eigenvalue weighted by atomic mass is 10.2. The average Bonchev–Trinajstić information content (AvgIpc) is 3.09. The van der Waals surface area contributed by atoms with Crippen molar-refractivity contribution in [1.82, 2.24) is 14.8 Å². The van der Waals surface area contributed by atoms with E-state index in [2.05, 4.69) is 15.4 Å². The molecule has 0 radical (unpaired) electrons. The Morgan fingerprint density at radius 1 is 1.45 bits per heavy atom. The molecule has 114 valence electrons. The Balaban J connectivity index is 1.87. The molecule has 0 aliphatic heterocycles. The number of methoxy groups -OCH3 is 1. The van der Waals surface area contributed by atoms with Crippen molar-refractivity contribution in [1.29, 1.82) is 0 Å². The molecule has 22 heavy (non-hydrogen) atoms. The number of amides is 1. The minimum Gasteiger partial charge on any atom is -0.479 e. The lowest BCUT2D eigenvalue weighted by Crippen LogP contribution is -2.12. The molecule has 8 heteroatoms. The number of rotatable bonds is 4. The Morgan fingerprint density at radius 2 is 2.27 bits per heavy atom. The standard InChI is InChI=1S/C14H14N4O2S2/c1-18-7-9(13(17-18)20-2)12(19)15-8-4-5-10-11(6-8)22-14(16-10)21-3/h4-7H,1-3H3,(H,15,19). The molecule has 0 aliphatic carbocycles. The molecule has 1 aromatic carbocycles. The van der Waals surface area contributed by atoms with Gasteiger partial charge in [0.05, 0.1) is 17.3 Å². The fourth-order valence-corrected chi connectivity index (χ4v) is 3.57. The van der Waals surface area contributed by atoms with Crippen molar-refractivity contribution in [3.8, 4) is 5.88 Å². The average molecular weight is 334 g/mol. The van der Waals surface area contributed by atoms with Crippen molar-refractivity contribution >= 4 is 44.9 Å². The summed E-state index contributed by atoms with van der Waals surface area (Å²) in [7, 11) is 3.24. The Kier molecular flexibility index (Phi) is 4.04. The van der Waals surface area contributed by atoms with E-state index < -0.39 is 0 Å². The van der Waals surface area contributed by atoms with Crippen LogP contribution in [0.3, 0.4) is 0 Å². The van der Waals surface area contributed by atoms with Gasteiger partial charge in [0, 0.05) is 18.9 Å². The van der Waals surface area contributed by atoms with Gasteiger partial charge in [-0.3, -0.25) is 9.48 Å². The summed E-state index contributed by atoms with van der Waals surface area (Å²) in [5.41, 5.74) is 2.06. The molecule has 0 saturated heterocycles. The number of hydrogen-bond donors (Lipinski definition) is 1. The van der Waals surface area contributed by atoms with Crippen LogP contribution in [0, 0.1) is 0 Å². The zero-order chi connectivity index (χ0) is 15.7. The number of anilines is 1. The van der Waals surface area contributed by atoms with Gasteiger partial charge in [-0.15, -0.1) is 16.4 Å². The monoisotopic (exact) mass is 334 g/mol. The van der Waals surface area contributed by atoms with Crippen LogP contribution in [0.5, 0.6) is 5.88 Å². The van der Waals surface area contributed by atoms with E-state index in [1.165, 1.54) is 7.11 Å². The summed E-state index contributed by atoms with van der Waals surface area (Å²) in [5, 5.41) is 6.94. The van der Waals surface area contributed by atoms with Gasteiger partial charge in [-0.25, -0.2) is 4.98 Å². The van der Waals surface area contributed by atoms with Crippen molar-refractivity contribution in [2.45, 2.75) is 4.34 Å². The third-order valence-corrected chi connectivity index (χ3v) is 5.04. The molecule has 2 heterocycles. The van der Waals surface area contributed by atoms with Gasteiger partial charge in [0.1, 0.15) is 5.56 Å². The Bertz CT molecular complexity index is 841. The molecular weight excluding hydrogens is 320 g/mol. The van der Waals surface area contributed by atoms with Crippen molar-refractivity contribution in [3.63, 3.8) is 0 Å². The fourth-order valence-electron chi connectivity index (χ4n) is 2.04. The van der Waals surface area contributed by atoms with Gasteiger partial charge in [-0.1, -0.05) is 11.8 Å². The smallest absolute Gasteiger partial charge is 0.262 e. The van der Waals surface area contributed by atoms with Gasteiger partial charge in [0.15, 0.2) is 4.34 Å². The van der Waals surface area contributed by atoms with Gasteiger partial charge in [-0.2, -0.15) is 0 Å².